The Morgan fingerprint density at radius 1 is 0.964 bits per heavy atom. The fourth-order valence-electron chi connectivity index (χ4n) is 3.34. The van der Waals surface area contributed by atoms with E-state index in [1.54, 1.807) is 0 Å². The van der Waals surface area contributed by atoms with Gasteiger partial charge in [0, 0.05) is 0 Å². The average molecular weight is 398 g/mol. The van der Waals surface area contributed by atoms with E-state index < -0.39 is 37.3 Å². The Labute approximate surface area is 166 Å². The van der Waals surface area contributed by atoms with Crippen molar-refractivity contribution in [3.05, 3.63) is 22.8 Å². The Morgan fingerprint density at radius 2 is 1.68 bits per heavy atom. The Bertz CT molecular complexity index is 632. The zero-order chi connectivity index (χ0) is 20.8. The molecule has 0 aromatic heterocycles. The second kappa shape index (κ2) is 10.4. The number of ether oxygens (including phenoxy) is 3. The van der Waals surface area contributed by atoms with Crippen LogP contribution in [0.3, 0.4) is 0 Å². The van der Waals surface area contributed by atoms with Gasteiger partial charge >= 0.3 is 0 Å². The molecular formula is C21H34O7. The molecule has 1 saturated heterocycles. The van der Waals surface area contributed by atoms with Crippen LogP contribution >= 0.6 is 0 Å². The highest BCUT2D eigenvalue weighted by Gasteiger charge is 2.45. The highest BCUT2D eigenvalue weighted by atomic mass is 16.7. The molecular weight excluding hydrogens is 364 g/mol. The van der Waals surface area contributed by atoms with Crippen molar-refractivity contribution in [3.63, 3.8) is 0 Å². The molecule has 1 fully saturated rings. The predicted molar refractivity (Wildman–Crippen MR) is 105 cm³/mol. The molecule has 0 bridgehead atoms. The summed E-state index contributed by atoms with van der Waals surface area (Å²) >= 11 is 0. The van der Waals surface area contributed by atoms with Gasteiger partial charge in [-0.25, -0.2) is 0 Å². The summed E-state index contributed by atoms with van der Waals surface area (Å²) in [7, 11) is 0. The van der Waals surface area contributed by atoms with E-state index in [2.05, 4.69) is 6.92 Å². The first kappa shape index (κ1) is 22.9. The summed E-state index contributed by atoms with van der Waals surface area (Å²) in [6.45, 7) is 8.04. The van der Waals surface area contributed by atoms with Crippen molar-refractivity contribution in [2.24, 2.45) is 0 Å². The number of hydrogen-bond donors (Lipinski definition) is 4. The van der Waals surface area contributed by atoms with Gasteiger partial charge in [-0.15, -0.1) is 0 Å². The number of rotatable bonds is 9. The molecule has 0 aliphatic carbocycles. The average Bonchev–Trinajstić information content (AvgIpc) is 2.68. The van der Waals surface area contributed by atoms with Crippen LogP contribution in [0.15, 0.2) is 6.07 Å². The van der Waals surface area contributed by atoms with E-state index in [1.165, 1.54) is 12.8 Å². The van der Waals surface area contributed by atoms with Gasteiger partial charge in [0.05, 0.1) is 13.2 Å². The molecule has 5 atom stereocenters. The maximum Gasteiger partial charge on any atom is 0.229 e. The minimum Gasteiger partial charge on any atom is -0.493 e. The molecule has 7 heteroatoms. The zero-order valence-electron chi connectivity index (χ0n) is 17.2. The molecule has 0 unspecified atom stereocenters. The Kier molecular flexibility index (Phi) is 8.52. The van der Waals surface area contributed by atoms with Crippen LogP contribution in [-0.4, -0.2) is 64.3 Å². The van der Waals surface area contributed by atoms with Crippen molar-refractivity contribution in [2.45, 2.75) is 84.1 Å². The van der Waals surface area contributed by atoms with Gasteiger partial charge in [0.2, 0.25) is 6.29 Å². The third kappa shape index (κ3) is 5.15. The minimum atomic E-state index is -1.47. The summed E-state index contributed by atoms with van der Waals surface area (Å²) in [5, 5.41) is 39.4. The first-order valence-corrected chi connectivity index (χ1v) is 10.0. The second-order valence-corrected chi connectivity index (χ2v) is 7.49. The highest BCUT2D eigenvalue weighted by molar-refractivity contribution is 5.52. The molecule has 1 aromatic rings. The Hall–Kier alpha value is -1.38. The maximum atomic E-state index is 10.2. The standard InChI is InChI=1S/C21H34O7/c1-5-6-7-8-9-26-15-10-12(2)20(14(4)13(15)3)28-21-19(25)18(24)17(23)16(11-22)27-21/h10,16-19,21-25H,5-9,11H2,1-4H3/t16-,17+,18+,19-,21+/m1/s1. The quantitative estimate of drug-likeness (QED) is 0.469. The van der Waals surface area contributed by atoms with Gasteiger partial charge < -0.3 is 34.6 Å². The summed E-state index contributed by atoms with van der Waals surface area (Å²) < 4.78 is 17.3. The van der Waals surface area contributed by atoms with E-state index in [-0.39, 0.29) is 0 Å². The lowest BCUT2D eigenvalue weighted by Crippen LogP contribution is -2.60. The third-order valence-corrected chi connectivity index (χ3v) is 5.32. The molecule has 160 valence electrons. The monoisotopic (exact) mass is 398 g/mol. The summed E-state index contributed by atoms with van der Waals surface area (Å²) in [4.78, 5) is 0. The predicted octanol–water partition coefficient (Wildman–Crippen LogP) is 1.75. The molecule has 1 aromatic carbocycles. The van der Waals surface area contributed by atoms with Crippen LogP contribution < -0.4 is 9.47 Å². The van der Waals surface area contributed by atoms with Crippen molar-refractivity contribution in [1.82, 2.24) is 0 Å². The van der Waals surface area contributed by atoms with Crippen LogP contribution in [-0.2, 0) is 4.74 Å². The van der Waals surface area contributed by atoms with E-state index in [1.807, 2.05) is 26.8 Å². The van der Waals surface area contributed by atoms with E-state index in [9.17, 15) is 20.4 Å². The van der Waals surface area contributed by atoms with Crippen molar-refractivity contribution in [1.29, 1.82) is 0 Å². The number of benzene rings is 1. The number of aliphatic hydroxyl groups is 4. The van der Waals surface area contributed by atoms with E-state index in [0.29, 0.717) is 12.4 Å². The fourth-order valence-corrected chi connectivity index (χ4v) is 3.34. The highest BCUT2D eigenvalue weighted by Crippen LogP contribution is 2.35. The molecule has 1 aliphatic rings. The Morgan fingerprint density at radius 3 is 2.32 bits per heavy atom. The summed E-state index contributed by atoms with van der Waals surface area (Å²) in [5.74, 6) is 1.33. The number of unbranched alkanes of at least 4 members (excludes halogenated alkanes) is 3. The van der Waals surface area contributed by atoms with Crippen LogP contribution in [0.5, 0.6) is 11.5 Å². The van der Waals surface area contributed by atoms with Crippen LogP contribution in [0.1, 0.15) is 49.3 Å². The van der Waals surface area contributed by atoms with Crippen molar-refractivity contribution < 1.29 is 34.6 Å². The maximum absolute atomic E-state index is 10.2. The molecule has 1 aliphatic heterocycles. The lowest BCUT2D eigenvalue weighted by atomic mass is 9.99. The summed E-state index contributed by atoms with van der Waals surface area (Å²) in [6, 6.07) is 1.89. The molecule has 0 amide bonds. The SMILES string of the molecule is CCCCCCOc1cc(C)c(O[C@@H]2O[C@H](CO)[C@H](O)[C@H](O)[C@H]2O)c(C)c1C. The largest absolute Gasteiger partial charge is 0.493 e. The first-order chi connectivity index (χ1) is 13.3. The smallest absolute Gasteiger partial charge is 0.229 e. The molecule has 1 heterocycles. The summed E-state index contributed by atoms with van der Waals surface area (Å²) in [5.41, 5.74) is 2.59. The molecule has 0 saturated carbocycles. The molecule has 7 nitrogen and oxygen atoms in total. The van der Waals surface area contributed by atoms with E-state index >= 15 is 0 Å². The number of aryl methyl sites for hydroxylation is 1. The van der Waals surface area contributed by atoms with Gasteiger partial charge in [-0.1, -0.05) is 26.2 Å². The van der Waals surface area contributed by atoms with Gasteiger partial charge in [-0.2, -0.15) is 0 Å². The number of hydrogen-bond acceptors (Lipinski definition) is 7. The molecule has 4 N–H and O–H groups in total. The lowest BCUT2D eigenvalue weighted by molar-refractivity contribution is -0.277. The minimum absolute atomic E-state index is 0.493. The normalized spacial score (nSPS) is 27.6. The van der Waals surface area contributed by atoms with Gasteiger partial charge in [-0.3, -0.25) is 0 Å². The van der Waals surface area contributed by atoms with Gasteiger partial charge in [0.25, 0.3) is 0 Å². The third-order valence-electron chi connectivity index (χ3n) is 5.32. The number of aliphatic hydroxyl groups excluding tert-OH is 4. The summed E-state index contributed by atoms with van der Waals surface area (Å²) in [6.07, 6.45) is -1.99. The second-order valence-electron chi connectivity index (χ2n) is 7.49. The van der Waals surface area contributed by atoms with Crippen molar-refractivity contribution >= 4 is 0 Å². The molecule has 0 spiro atoms. The van der Waals surface area contributed by atoms with Crippen molar-refractivity contribution in [3.8, 4) is 11.5 Å². The first-order valence-electron chi connectivity index (χ1n) is 10.0. The van der Waals surface area contributed by atoms with Crippen LogP contribution in [0.2, 0.25) is 0 Å². The fraction of sp³-hybridized carbons (Fsp3) is 0.714. The van der Waals surface area contributed by atoms with E-state index in [4.69, 9.17) is 14.2 Å². The van der Waals surface area contributed by atoms with Crippen molar-refractivity contribution in [2.75, 3.05) is 13.2 Å². The van der Waals surface area contributed by atoms with E-state index in [0.717, 1.165) is 35.3 Å². The Balaban J connectivity index is 2.12. The van der Waals surface area contributed by atoms with Crippen LogP contribution in [0, 0.1) is 20.8 Å². The zero-order valence-corrected chi connectivity index (χ0v) is 17.2. The molecule has 2 rings (SSSR count). The lowest BCUT2D eigenvalue weighted by Gasteiger charge is -2.40. The topological polar surface area (TPSA) is 109 Å². The molecule has 28 heavy (non-hydrogen) atoms. The van der Waals surface area contributed by atoms with Crippen LogP contribution in [0.25, 0.3) is 0 Å². The van der Waals surface area contributed by atoms with Gasteiger partial charge in [0.1, 0.15) is 35.9 Å². The van der Waals surface area contributed by atoms with Crippen LogP contribution in [0.4, 0.5) is 0 Å². The van der Waals surface area contributed by atoms with Gasteiger partial charge in [-0.05, 0) is 49.9 Å². The van der Waals surface area contributed by atoms with Gasteiger partial charge in [0.15, 0.2) is 0 Å². The molecule has 0 radical (unpaired) electrons.